The summed E-state index contributed by atoms with van der Waals surface area (Å²) in [5.41, 5.74) is 6.58. The predicted octanol–water partition coefficient (Wildman–Crippen LogP) is 1.01. The molecule has 0 spiro atoms. The second-order valence-electron chi connectivity index (χ2n) is 4.73. The van der Waals surface area contributed by atoms with Gasteiger partial charge in [0, 0.05) is 25.1 Å². The number of methoxy groups -OCH3 is 2. The van der Waals surface area contributed by atoms with Crippen molar-refractivity contribution in [3.05, 3.63) is 23.8 Å². The van der Waals surface area contributed by atoms with Crippen molar-refractivity contribution < 1.29 is 14.3 Å². The average Bonchev–Trinajstić information content (AvgIpc) is 2.79. The van der Waals surface area contributed by atoms with Gasteiger partial charge in [0.2, 0.25) is 5.91 Å². The fraction of sp³-hybridized carbons (Fsp3) is 0.500. The van der Waals surface area contributed by atoms with Gasteiger partial charge in [-0.1, -0.05) is 12.1 Å². The lowest BCUT2D eigenvalue weighted by Crippen LogP contribution is -2.26. The zero-order chi connectivity index (χ0) is 13.8. The lowest BCUT2D eigenvalue weighted by molar-refractivity contribution is -0.128. The number of carbonyl (C=O) groups is 1. The maximum absolute atomic E-state index is 11.9. The number of nitrogens with zero attached hydrogens (tertiary/aromatic N) is 1. The van der Waals surface area contributed by atoms with Crippen molar-refractivity contribution in [1.29, 1.82) is 0 Å². The maximum atomic E-state index is 11.9. The minimum Gasteiger partial charge on any atom is -0.493 e. The number of carbonyl (C=O) groups excluding carboxylic acids is 1. The van der Waals surface area contributed by atoms with Gasteiger partial charge in [-0.15, -0.1) is 0 Å². The first-order valence-electron chi connectivity index (χ1n) is 6.37. The first-order chi connectivity index (χ1) is 9.19. The Hall–Kier alpha value is -1.75. The number of benzene rings is 1. The molecule has 2 rings (SSSR count). The number of rotatable bonds is 5. The number of hydrogen-bond donors (Lipinski definition) is 1. The molecule has 2 N–H and O–H groups in total. The van der Waals surface area contributed by atoms with Gasteiger partial charge in [-0.05, 0) is 18.5 Å². The van der Waals surface area contributed by atoms with E-state index in [4.69, 9.17) is 15.2 Å². The van der Waals surface area contributed by atoms with Crippen LogP contribution in [-0.4, -0.2) is 38.1 Å². The van der Waals surface area contributed by atoms with Crippen molar-refractivity contribution in [3.8, 4) is 11.5 Å². The largest absolute Gasteiger partial charge is 0.493 e. The Bertz CT molecular complexity index is 462. The molecular weight excluding hydrogens is 244 g/mol. The Morgan fingerprint density at radius 3 is 2.74 bits per heavy atom. The summed E-state index contributed by atoms with van der Waals surface area (Å²) >= 11 is 0. The Balaban J connectivity index is 2.17. The van der Waals surface area contributed by atoms with Crippen molar-refractivity contribution >= 4 is 5.91 Å². The summed E-state index contributed by atoms with van der Waals surface area (Å²) in [6, 6.07) is 5.69. The summed E-state index contributed by atoms with van der Waals surface area (Å²) in [6.07, 6.45) is 0.544. The second-order valence-corrected chi connectivity index (χ2v) is 4.73. The number of hydrogen-bond acceptors (Lipinski definition) is 4. The Kier molecular flexibility index (Phi) is 4.27. The molecule has 1 amide bonds. The Morgan fingerprint density at radius 2 is 2.16 bits per heavy atom. The monoisotopic (exact) mass is 264 g/mol. The number of ether oxygens (including phenoxy) is 2. The summed E-state index contributed by atoms with van der Waals surface area (Å²) in [6.45, 7) is 1.81. The molecule has 1 fully saturated rings. The molecule has 1 aliphatic rings. The molecule has 0 bridgehead atoms. The van der Waals surface area contributed by atoms with E-state index in [0.29, 0.717) is 31.0 Å². The molecule has 0 saturated carbocycles. The summed E-state index contributed by atoms with van der Waals surface area (Å²) in [5, 5.41) is 0. The number of amides is 1. The van der Waals surface area contributed by atoms with Crippen LogP contribution in [0.5, 0.6) is 11.5 Å². The van der Waals surface area contributed by atoms with E-state index >= 15 is 0 Å². The molecule has 1 saturated heterocycles. The summed E-state index contributed by atoms with van der Waals surface area (Å²) in [4.78, 5) is 13.7. The van der Waals surface area contributed by atoms with Gasteiger partial charge in [0.15, 0.2) is 11.5 Å². The van der Waals surface area contributed by atoms with Crippen LogP contribution in [0.2, 0.25) is 0 Å². The van der Waals surface area contributed by atoms with Gasteiger partial charge < -0.3 is 20.1 Å². The molecule has 1 aromatic carbocycles. The van der Waals surface area contributed by atoms with E-state index in [0.717, 1.165) is 12.1 Å². The van der Waals surface area contributed by atoms with Crippen LogP contribution < -0.4 is 15.2 Å². The van der Waals surface area contributed by atoms with E-state index in [1.54, 1.807) is 14.2 Å². The third-order valence-corrected chi connectivity index (χ3v) is 3.47. The van der Waals surface area contributed by atoms with Crippen molar-refractivity contribution in [2.45, 2.75) is 13.0 Å². The van der Waals surface area contributed by atoms with E-state index in [2.05, 4.69) is 0 Å². The molecule has 104 valence electrons. The van der Waals surface area contributed by atoms with Gasteiger partial charge in [-0.2, -0.15) is 0 Å². The van der Waals surface area contributed by atoms with Crippen LogP contribution in [0.1, 0.15) is 12.0 Å². The summed E-state index contributed by atoms with van der Waals surface area (Å²) in [5.74, 6) is 1.79. The highest BCUT2D eigenvalue weighted by atomic mass is 16.5. The molecule has 5 nitrogen and oxygen atoms in total. The molecule has 0 aliphatic carbocycles. The number of nitrogens with two attached hydrogens (primary N) is 1. The highest BCUT2D eigenvalue weighted by Crippen LogP contribution is 2.32. The van der Waals surface area contributed by atoms with Gasteiger partial charge in [0.25, 0.3) is 0 Å². The van der Waals surface area contributed by atoms with Crippen LogP contribution >= 0.6 is 0 Å². The quantitative estimate of drug-likeness (QED) is 0.862. The lowest BCUT2D eigenvalue weighted by Gasteiger charge is -2.19. The molecule has 1 heterocycles. The zero-order valence-corrected chi connectivity index (χ0v) is 11.4. The third kappa shape index (κ3) is 2.81. The van der Waals surface area contributed by atoms with Crippen LogP contribution in [0.4, 0.5) is 0 Å². The first-order valence-corrected chi connectivity index (χ1v) is 6.37. The minimum absolute atomic E-state index is 0.153. The number of likely N-dealkylation sites (tertiary alicyclic amines) is 1. The van der Waals surface area contributed by atoms with Crippen molar-refractivity contribution in [1.82, 2.24) is 4.90 Å². The molecule has 1 atom stereocenters. The molecule has 19 heavy (non-hydrogen) atoms. The van der Waals surface area contributed by atoms with Crippen LogP contribution in [0.15, 0.2) is 18.2 Å². The lowest BCUT2D eigenvalue weighted by atomic mass is 10.1. The van der Waals surface area contributed by atoms with Crippen LogP contribution in [0.25, 0.3) is 0 Å². The SMILES string of the molecule is COc1cccc(CN2CC(CN)CC2=O)c1OC. The van der Waals surface area contributed by atoms with E-state index in [1.807, 2.05) is 23.1 Å². The Morgan fingerprint density at radius 1 is 1.37 bits per heavy atom. The highest BCUT2D eigenvalue weighted by molar-refractivity contribution is 5.78. The van der Waals surface area contributed by atoms with Gasteiger partial charge >= 0.3 is 0 Å². The molecule has 5 heteroatoms. The van der Waals surface area contributed by atoms with Crippen LogP contribution in [0.3, 0.4) is 0 Å². The molecule has 1 aromatic rings. The van der Waals surface area contributed by atoms with Crippen LogP contribution in [0, 0.1) is 5.92 Å². The summed E-state index contributed by atoms with van der Waals surface area (Å²) < 4.78 is 10.6. The predicted molar refractivity (Wildman–Crippen MR) is 72.1 cm³/mol. The fourth-order valence-corrected chi connectivity index (χ4v) is 2.45. The summed E-state index contributed by atoms with van der Waals surface area (Å²) in [7, 11) is 3.21. The van der Waals surface area contributed by atoms with Crippen LogP contribution in [-0.2, 0) is 11.3 Å². The van der Waals surface area contributed by atoms with Gasteiger partial charge in [-0.3, -0.25) is 4.79 Å². The van der Waals surface area contributed by atoms with E-state index < -0.39 is 0 Å². The van der Waals surface area contributed by atoms with E-state index in [9.17, 15) is 4.79 Å². The fourth-order valence-electron chi connectivity index (χ4n) is 2.45. The van der Waals surface area contributed by atoms with Gasteiger partial charge in [-0.25, -0.2) is 0 Å². The molecule has 0 aromatic heterocycles. The van der Waals surface area contributed by atoms with Gasteiger partial charge in [0.05, 0.1) is 14.2 Å². The van der Waals surface area contributed by atoms with Gasteiger partial charge in [0.1, 0.15) is 0 Å². The zero-order valence-electron chi connectivity index (χ0n) is 11.4. The van der Waals surface area contributed by atoms with E-state index in [1.165, 1.54) is 0 Å². The normalized spacial score (nSPS) is 18.8. The topological polar surface area (TPSA) is 64.8 Å². The molecular formula is C14H20N2O3. The maximum Gasteiger partial charge on any atom is 0.223 e. The van der Waals surface area contributed by atoms with Crippen molar-refractivity contribution in [2.75, 3.05) is 27.3 Å². The Labute approximate surface area is 113 Å². The molecule has 1 unspecified atom stereocenters. The standard InChI is InChI=1S/C14H20N2O3/c1-18-12-5-3-4-11(14(12)19-2)9-16-8-10(7-15)6-13(16)17/h3-5,10H,6-9,15H2,1-2H3. The number of para-hydroxylation sites is 1. The minimum atomic E-state index is 0.153. The molecule has 1 aliphatic heterocycles. The van der Waals surface area contributed by atoms with Crippen molar-refractivity contribution in [3.63, 3.8) is 0 Å². The highest BCUT2D eigenvalue weighted by Gasteiger charge is 2.29. The first kappa shape index (κ1) is 13.7. The second kappa shape index (κ2) is 5.93. The third-order valence-electron chi connectivity index (χ3n) is 3.47. The molecule has 0 radical (unpaired) electrons. The average molecular weight is 264 g/mol. The van der Waals surface area contributed by atoms with Crippen molar-refractivity contribution in [2.24, 2.45) is 11.7 Å². The smallest absolute Gasteiger partial charge is 0.223 e. The van der Waals surface area contributed by atoms with E-state index in [-0.39, 0.29) is 11.8 Å².